The zero-order valence-corrected chi connectivity index (χ0v) is 23.1. The number of hydrogen-bond donors (Lipinski definition) is 2. The number of hydrogen-bond acceptors (Lipinski definition) is 8. The molecule has 40 heavy (non-hydrogen) atoms. The number of aromatic nitrogens is 4. The lowest BCUT2D eigenvalue weighted by Crippen LogP contribution is -2.47. The van der Waals surface area contributed by atoms with Gasteiger partial charge in [0.05, 0.1) is 13.3 Å². The standard InChI is InChI=1S/C29H34FN7O3/c1-29(2,3)40-28(38)36-13-5-6-21(18-36)33-25-14-24(31-15-19-7-10-22(39-4)11-8-19)34-27(35-25)23-16-32-26-12-9-20(30)17-37(23)26/h7-12,14,16-17,21H,5-6,13,15,18H2,1-4H3,(H2,31,33,34,35)/t21-/m1/s1. The van der Waals surface area contributed by atoms with Crippen LogP contribution in [0.5, 0.6) is 5.75 Å². The molecule has 4 aromatic rings. The minimum Gasteiger partial charge on any atom is -0.497 e. The highest BCUT2D eigenvalue weighted by Gasteiger charge is 2.28. The number of halogens is 1. The molecule has 0 unspecified atom stereocenters. The number of rotatable bonds is 7. The summed E-state index contributed by atoms with van der Waals surface area (Å²) in [6.07, 6.45) is 4.38. The van der Waals surface area contributed by atoms with Gasteiger partial charge in [0.1, 0.15) is 40.1 Å². The van der Waals surface area contributed by atoms with Gasteiger partial charge >= 0.3 is 6.09 Å². The number of nitrogens with one attached hydrogen (secondary N) is 2. The number of anilines is 2. The van der Waals surface area contributed by atoms with E-state index >= 15 is 0 Å². The van der Waals surface area contributed by atoms with Gasteiger partial charge < -0.3 is 25.0 Å². The fraction of sp³-hybridized carbons (Fsp3) is 0.379. The number of likely N-dealkylation sites (tertiary alicyclic amines) is 1. The molecule has 0 aliphatic carbocycles. The van der Waals surface area contributed by atoms with Crippen LogP contribution in [0.15, 0.2) is 54.9 Å². The molecule has 10 nitrogen and oxygen atoms in total. The van der Waals surface area contributed by atoms with Crippen molar-refractivity contribution in [3.63, 3.8) is 0 Å². The van der Waals surface area contributed by atoms with Gasteiger partial charge in [-0.3, -0.25) is 4.40 Å². The minimum absolute atomic E-state index is 0.0296. The monoisotopic (exact) mass is 547 g/mol. The van der Waals surface area contributed by atoms with Gasteiger partial charge in [-0.2, -0.15) is 0 Å². The summed E-state index contributed by atoms with van der Waals surface area (Å²) in [5.74, 6) is 1.97. The number of methoxy groups -OCH3 is 1. The summed E-state index contributed by atoms with van der Waals surface area (Å²) in [5, 5.41) is 6.85. The molecule has 2 N–H and O–H groups in total. The highest BCUT2D eigenvalue weighted by Crippen LogP contribution is 2.25. The third-order valence-corrected chi connectivity index (χ3v) is 6.48. The number of carbonyl (C=O) groups is 1. The van der Waals surface area contributed by atoms with Gasteiger partial charge in [-0.15, -0.1) is 0 Å². The molecule has 1 aromatic carbocycles. The SMILES string of the molecule is COc1ccc(CNc2cc(N[C@@H]3CCCN(C(=O)OC(C)(C)C)C3)nc(-c3cnc4ccc(F)cn34)n2)cc1. The molecule has 1 amide bonds. The number of amides is 1. The van der Waals surface area contributed by atoms with E-state index in [-0.39, 0.29) is 18.0 Å². The fourth-order valence-corrected chi connectivity index (χ4v) is 4.58. The van der Waals surface area contributed by atoms with Crippen LogP contribution < -0.4 is 15.4 Å². The Morgan fingerprint density at radius 2 is 1.90 bits per heavy atom. The van der Waals surface area contributed by atoms with Crippen LogP contribution in [0.3, 0.4) is 0 Å². The van der Waals surface area contributed by atoms with Crippen molar-refractivity contribution in [1.29, 1.82) is 0 Å². The van der Waals surface area contributed by atoms with Gasteiger partial charge in [0.2, 0.25) is 0 Å². The van der Waals surface area contributed by atoms with E-state index in [0.717, 1.165) is 24.2 Å². The second-order valence-corrected chi connectivity index (χ2v) is 10.8. The topological polar surface area (TPSA) is 106 Å². The molecular weight excluding hydrogens is 513 g/mol. The smallest absolute Gasteiger partial charge is 0.410 e. The quantitative estimate of drug-likeness (QED) is 0.319. The van der Waals surface area contributed by atoms with Gasteiger partial charge in [0.15, 0.2) is 5.82 Å². The Labute approximate surface area is 232 Å². The second-order valence-electron chi connectivity index (χ2n) is 10.8. The van der Waals surface area contributed by atoms with Crippen molar-refractivity contribution in [1.82, 2.24) is 24.3 Å². The van der Waals surface area contributed by atoms with Crippen LogP contribution in [0.1, 0.15) is 39.2 Å². The van der Waals surface area contributed by atoms with Crippen molar-refractivity contribution in [3.05, 3.63) is 66.2 Å². The molecule has 0 bridgehead atoms. The van der Waals surface area contributed by atoms with Crippen LogP contribution in [-0.2, 0) is 11.3 Å². The first-order valence-electron chi connectivity index (χ1n) is 13.3. The maximum Gasteiger partial charge on any atom is 0.410 e. The minimum atomic E-state index is -0.559. The maximum absolute atomic E-state index is 14.1. The van der Waals surface area contributed by atoms with Crippen molar-refractivity contribution in [3.8, 4) is 17.3 Å². The second kappa shape index (κ2) is 11.4. The summed E-state index contributed by atoms with van der Waals surface area (Å²) in [4.78, 5) is 28.3. The van der Waals surface area contributed by atoms with E-state index in [1.54, 1.807) is 28.7 Å². The largest absolute Gasteiger partial charge is 0.497 e. The lowest BCUT2D eigenvalue weighted by molar-refractivity contribution is 0.0206. The summed E-state index contributed by atoms with van der Waals surface area (Å²) in [5.41, 5.74) is 1.64. The number of carbonyl (C=O) groups excluding carboxylic acids is 1. The first-order chi connectivity index (χ1) is 19.2. The number of piperidine rings is 1. The Bertz CT molecular complexity index is 1480. The van der Waals surface area contributed by atoms with Crippen LogP contribution in [0.2, 0.25) is 0 Å². The number of nitrogens with zero attached hydrogens (tertiary/aromatic N) is 5. The molecule has 0 spiro atoms. The summed E-state index contributed by atoms with van der Waals surface area (Å²) in [6, 6.07) is 12.6. The van der Waals surface area contributed by atoms with Crippen LogP contribution >= 0.6 is 0 Å². The van der Waals surface area contributed by atoms with Crippen LogP contribution in [0.25, 0.3) is 17.2 Å². The van der Waals surface area contributed by atoms with Crippen LogP contribution in [0, 0.1) is 5.82 Å². The predicted molar refractivity (Wildman–Crippen MR) is 151 cm³/mol. The molecular formula is C29H34FN7O3. The molecule has 1 fully saturated rings. The normalized spacial score (nSPS) is 15.6. The van der Waals surface area contributed by atoms with E-state index in [1.807, 2.05) is 51.1 Å². The van der Waals surface area contributed by atoms with Crippen molar-refractivity contribution < 1.29 is 18.7 Å². The number of benzene rings is 1. The van der Waals surface area contributed by atoms with Gasteiger partial charge in [-0.25, -0.2) is 24.1 Å². The third kappa shape index (κ3) is 6.59. The summed E-state index contributed by atoms with van der Waals surface area (Å²) in [7, 11) is 1.63. The van der Waals surface area contributed by atoms with E-state index < -0.39 is 5.60 Å². The molecule has 0 saturated carbocycles. The Morgan fingerprint density at radius 1 is 1.12 bits per heavy atom. The van der Waals surface area contributed by atoms with Crippen molar-refractivity contribution >= 4 is 23.4 Å². The zero-order valence-electron chi connectivity index (χ0n) is 23.1. The molecule has 210 valence electrons. The summed E-state index contributed by atoms with van der Waals surface area (Å²) in [6.45, 7) is 7.24. The number of ether oxygens (including phenoxy) is 2. The van der Waals surface area contributed by atoms with E-state index in [1.165, 1.54) is 12.3 Å². The Hall–Kier alpha value is -4.41. The lowest BCUT2D eigenvalue weighted by Gasteiger charge is -2.34. The zero-order chi connectivity index (χ0) is 28.3. The Kier molecular flexibility index (Phi) is 7.72. The van der Waals surface area contributed by atoms with Crippen LogP contribution in [0.4, 0.5) is 20.8 Å². The molecule has 1 atom stereocenters. The third-order valence-electron chi connectivity index (χ3n) is 6.48. The van der Waals surface area contributed by atoms with Gasteiger partial charge in [0.25, 0.3) is 0 Å². The molecule has 1 aliphatic rings. The van der Waals surface area contributed by atoms with Crippen molar-refractivity contribution in [2.75, 3.05) is 30.8 Å². The number of fused-ring (bicyclic) bond motifs is 1. The van der Waals surface area contributed by atoms with E-state index in [2.05, 4.69) is 15.6 Å². The molecule has 5 rings (SSSR count). The van der Waals surface area contributed by atoms with E-state index in [4.69, 9.17) is 19.4 Å². The van der Waals surface area contributed by atoms with Crippen molar-refractivity contribution in [2.24, 2.45) is 0 Å². The summed E-state index contributed by atoms with van der Waals surface area (Å²) >= 11 is 0. The van der Waals surface area contributed by atoms with E-state index in [0.29, 0.717) is 48.4 Å². The van der Waals surface area contributed by atoms with E-state index in [9.17, 15) is 9.18 Å². The number of imidazole rings is 1. The average molecular weight is 548 g/mol. The maximum atomic E-state index is 14.1. The molecule has 4 heterocycles. The summed E-state index contributed by atoms with van der Waals surface area (Å²) < 4.78 is 26.5. The first kappa shape index (κ1) is 27.2. The Morgan fingerprint density at radius 3 is 2.65 bits per heavy atom. The highest BCUT2D eigenvalue weighted by molar-refractivity contribution is 5.68. The predicted octanol–water partition coefficient (Wildman–Crippen LogP) is 5.36. The molecule has 11 heteroatoms. The molecule has 3 aromatic heterocycles. The highest BCUT2D eigenvalue weighted by atomic mass is 19.1. The first-order valence-corrected chi connectivity index (χ1v) is 13.3. The Balaban J connectivity index is 1.41. The molecule has 0 radical (unpaired) electrons. The lowest BCUT2D eigenvalue weighted by atomic mass is 10.1. The van der Waals surface area contributed by atoms with Gasteiger partial charge in [-0.1, -0.05) is 12.1 Å². The van der Waals surface area contributed by atoms with Gasteiger partial charge in [-0.05, 0) is 63.4 Å². The average Bonchev–Trinajstić information content (AvgIpc) is 3.34. The fourth-order valence-electron chi connectivity index (χ4n) is 4.58. The molecule has 1 saturated heterocycles. The molecule has 1 aliphatic heterocycles. The van der Waals surface area contributed by atoms with Crippen LogP contribution in [-0.4, -0.2) is 62.2 Å². The number of pyridine rings is 1. The van der Waals surface area contributed by atoms with Gasteiger partial charge in [0, 0.05) is 37.9 Å². The van der Waals surface area contributed by atoms with Crippen molar-refractivity contribution in [2.45, 2.75) is 51.8 Å².